The average molecular weight is 284 g/mol. The van der Waals surface area contributed by atoms with Gasteiger partial charge in [-0.15, -0.1) is 0 Å². The minimum Gasteiger partial charge on any atom is -0.344 e. The van der Waals surface area contributed by atoms with Gasteiger partial charge in [0.05, 0.1) is 11.4 Å². The van der Waals surface area contributed by atoms with Crippen LogP contribution in [0.25, 0.3) is 5.69 Å². The van der Waals surface area contributed by atoms with Gasteiger partial charge in [-0.25, -0.2) is 4.68 Å². The molecule has 1 fully saturated rings. The van der Waals surface area contributed by atoms with Gasteiger partial charge >= 0.3 is 0 Å². The van der Waals surface area contributed by atoms with Gasteiger partial charge in [-0.2, -0.15) is 5.10 Å². The molecule has 21 heavy (non-hydrogen) atoms. The van der Waals surface area contributed by atoms with Crippen molar-refractivity contribution in [3.05, 3.63) is 48.3 Å². The number of hydrogen-bond acceptors (Lipinski definition) is 3. The fourth-order valence-corrected chi connectivity index (χ4v) is 2.61. The van der Waals surface area contributed by atoms with Crippen molar-refractivity contribution in [3.8, 4) is 5.69 Å². The lowest BCUT2D eigenvalue weighted by Gasteiger charge is -2.20. The number of carbonyl (C=O) groups is 1. The van der Waals surface area contributed by atoms with Crippen molar-refractivity contribution in [2.24, 2.45) is 0 Å². The number of rotatable bonds is 3. The zero-order chi connectivity index (χ0) is 14.7. The highest BCUT2D eigenvalue weighted by Gasteiger charge is 2.19. The number of likely N-dealkylation sites (N-methyl/N-ethyl adjacent to an activating group) is 1. The lowest BCUT2D eigenvalue weighted by Crippen LogP contribution is -2.30. The van der Waals surface area contributed by atoms with Crippen LogP contribution in [0, 0.1) is 0 Å². The summed E-state index contributed by atoms with van der Waals surface area (Å²) in [6.45, 7) is 3.32. The Kier molecular flexibility index (Phi) is 4.01. The molecule has 5 heteroatoms. The molecular weight excluding hydrogens is 264 g/mol. The van der Waals surface area contributed by atoms with Gasteiger partial charge in [0.15, 0.2) is 0 Å². The average Bonchev–Trinajstić information content (AvgIpc) is 2.91. The Morgan fingerprint density at radius 3 is 2.71 bits per heavy atom. The van der Waals surface area contributed by atoms with E-state index in [0.29, 0.717) is 6.42 Å². The molecule has 1 aromatic heterocycles. The standard InChI is InChI=1S/C16H20N4O/c1-18-11-12-19(10-8-16(18)21)13-15-7-9-17-20(15)14-5-3-2-4-6-14/h2-7,9H,8,10-13H2,1H3. The van der Waals surface area contributed by atoms with E-state index >= 15 is 0 Å². The third kappa shape index (κ3) is 3.13. The molecule has 0 bridgehead atoms. The lowest BCUT2D eigenvalue weighted by molar-refractivity contribution is -0.129. The van der Waals surface area contributed by atoms with Crippen LogP contribution in [0.1, 0.15) is 12.1 Å². The van der Waals surface area contributed by atoms with E-state index in [1.165, 1.54) is 0 Å². The molecule has 110 valence electrons. The predicted molar refractivity (Wildman–Crippen MR) is 81.1 cm³/mol. The summed E-state index contributed by atoms with van der Waals surface area (Å²) in [7, 11) is 1.88. The van der Waals surface area contributed by atoms with Gasteiger partial charge in [0.2, 0.25) is 5.91 Å². The van der Waals surface area contributed by atoms with Gasteiger partial charge < -0.3 is 4.90 Å². The van der Waals surface area contributed by atoms with Crippen LogP contribution in [0.15, 0.2) is 42.6 Å². The molecule has 1 aliphatic heterocycles. The second-order valence-corrected chi connectivity index (χ2v) is 5.41. The molecule has 0 atom stereocenters. The minimum absolute atomic E-state index is 0.231. The van der Waals surface area contributed by atoms with Gasteiger partial charge in [0.25, 0.3) is 0 Å². The van der Waals surface area contributed by atoms with Crippen molar-refractivity contribution in [1.29, 1.82) is 0 Å². The van der Waals surface area contributed by atoms with Crippen molar-refractivity contribution in [3.63, 3.8) is 0 Å². The highest BCUT2D eigenvalue weighted by atomic mass is 16.2. The summed E-state index contributed by atoms with van der Waals surface area (Å²) in [6, 6.07) is 12.2. The first-order chi connectivity index (χ1) is 10.2. The molecule has 2 heterocycles. The topological polar surface area (TPSA) is 41.4 Å². The van der Waals surface area contributed by atoms with Crippen molar-refractivity contribution in [2.75, 3.05) is 26.7 Å². The Morgan fingerprint density at radius 1 is 1.10 bits per heavy atom. The molecule has 3 rings (SSSR count). The van der Waals surface area contributed by atoms with Gasteiger partial charge in [0, 0.05) is 45.8 Å². The summed E-state index contributed by atoms with van der Waals surface area (Å²) >= 11 is 0. The molecule has 0 aliphatic carbocycles. The molecule has 1 aliphatic rings. The second kappa shape index (κ2) is 6.10. The minimum atomic E-state index is 0.231. The molecule has 1 amide bonds. The summed E-state index contributed by atoms with van der Waals surface area (Å²) in [5.41, 5.74) is 2.22. The fourth-order valence-electron chi connectivity index (χ4n) is 2.61. The van der Waals surface area contributed by atoms with E-state index in [2.05, 4.69) is 22.1 Å². The first kappa shape index (κ1) is 13.8. The monoisotopic (exact) mass is 284 g/mol. The highest BCUT2D eigenvalue weighted by molar-refractivity contribution is 5.76. The second-order valence-electron chi connectivity index (χ2n) is 5.41. The third-order valence-corrected chi connectivity index (χ3v) is 3.93. The van der Waals surface area contributed by atoms with Crippen LogP contribution in [0.4, 0.5) is 0 Å². The Bertz CT molecular complexity index is 608. The maximum atomic E-state index is 11.7. The molecular formula is C16H20N4O. The maximum absolute atomic E-state index is 11.7. The van der Waals surface area contributed by atoms with E-state index in [-0.39, 0.29) is 5.91 Å². The van der Waals surface area contributed by atoms with Crippen molar-refractivity contribution in [2.45, 2.75) is 13.0 Å². The summed E-state index contributed by atoms with van der Waals surface area (Å²) in [6.07, 6.45) is 2.42. The van der Waals surface area contributed by atoms with Crippen LogP contribution >= 0.6 is 0 Å². The van der Waals surface area contributed by atoms with Gasteiger partial charge in [-0.3, -0.25) is 9.69 Å². The van der Waals surface area contributed by atoms with E-state index < -0.39 is 0 Å². The van der Waals surface area contributed by atoms with Crippen LogP contribution in [-0.4, -0.2) is 52.2 Å². The summed E-state index contributed by atoms with van der Waals surface area (Å²) < 4.78 is 1.97. The molecule has 1 saturated heterocycles. The lowest BCUT2D eigenvalue weighted by atomic mass is 10.3. The number of carbonyl (C=O) groups excluding carboxylic acids is 1. The molecule has 2 aromatic rings. The van der Waals surface area contributed by atoms with E-state index in [9.17, 15) is 4.79 Å². The van der Waals surface area contributed by atoms with Crippen LogP contribution < -0.4 is 0 Å². The number of amides is 1. The quantitative estimate of drug-likeness (QED) is 0.858. The van der Waals surface area contributed by atoms with E-state index in [1.807, 2.05) is 47.1 Å². The molecule has 0 radical (unpaired) electrons. The smallest absolute Gasteiger partial charge is 0.223 e. The zero-order valence-electron chi connectivity index (χ0n) is 12.3. The number of benzene rings is 1. The Labute approximate surface area is 124 Å². The van der Waals surface area contributed by atoms with E-state index in [0.717, 1.165) is 37.6 Å². The summed E-state index contributed by atoms with van der Waals surface area (Å²) in [5.74, 6) is 0.231. The Balaban J connectivity index is 1.74. The third-order valence-electron chi connectivity index (χ3n) is 3.93. The van der Waals surface area contributed by atoms with Gasteiger partial charge in [0.1, 0.15) is 0 Å². The maximum Gasteiger partial charge on any atom is 0.223 e. The normalized spacial score (nSPS) is 17.0. The largest absolute Gasteiger partial charge is 0.344 e. The van der Waals surface area contributed by atoms with Crippen LogP contribution in [0.5, 0.6) is 0 Å². The first-order valence-corrected chi connectivity index (χ1v) is 7.29. The Hall–Kier alpha value is -2.14. The van der Waals surface area contributed by atoms with Crippen LogP contribution in [0.2, 0.25) is 0 Å². The van der Waals surface area contributed by atoms with Crippen LogP contribution in [-0.2, 0) is 11.3 Å². The predicted octanol–water partition coefficient (Wildman–Crippen LogP) is 1.54. The zero-order valence-corrected chi connectivity index (χ0v) is 12.3. The fraction of sp³-hybridized carbons (Fsp3) is 0.375. The molecule has 0 saturated carbocycles. The van der Waals surface area contributed by atoms with Crippen molar-refractivity contribution < 1.29 is 4.79 Å². The number of hydrogen-bond donors (Lipinski definition) is 0. The highest BCUT2D eigenvalue weighted by Crippen LogP contribution is 2.13. The molecule has 0 spiro atoms. The van der Waals surface area contributed by atoms with Crippen molar-refractivity contribution >= 4 is 5.91 Å². The summed E-state index contributed by atoms with van der Waals surface area (Å²) in [4.78, 5) is 15.9. The summed E-state index contributed by atoms with van der Waals surface area (Å²) in [5, 5.41) is 4.42. The Morgan fingerprint density at radius 2 is 1.90 bits per heavy atom. The molecule has 0 N–H and O–H groups in total. The number of nitrogens with zero attached hydrogens (tertiary/aromatic N) is 4. The molecule has 0 unspecified atom stereocenters. The molecule has 1 aromatic carbocycles. The van der Waals surface area contributed by atoms with Crippen LogP contribution in [0.3, 0.4) is 0 Å². The SMILES string of the molecule is CN1CCN(Cc2ccnn2-c2ccccc2)CCC1=O. The number of aromatic nitrogens is 2. The van der Waals surface area contributed by atoms with Crippen molar-refractivity contribution in [1.82, 2.24) is 19.6 Å². The first-order valence-electron chi connectivity index (χ1n) is 7.29. The molecule has 5 nitrogen and oxygen atoms in total. The van der Waals surface area contributed by atoms with Gasteiger partial charge in [-0.05, 0) is 18.2 Å². The van der Waals surface area contributed by atoms with Gasteiger partial charge in [-0.1, -0.05) is 18.2 Å². The van der Waals surface area contributed by atoms with E-state index in [4.69, 9.17) is 0 Å². The number of para-hydroxylation sites is 1. The van der Waals surface area contributed by atoms with E-state index in [1.54, 1.807) is 0 Å².